The van der Waals surface area contributed by atoms with E-state index in [9.17, 15) is 15.2 Å². The first-order valence-electron chi connectivity index (χ1n) is 6.52. The second-order valence-electron chi connectivity index (χ2n) is 4.98. The van der Waals surface area contributed by atoms with Crippen LogP contribution in [-0.2, 0) is 0 Å². The number of thiophene rings is 1. The summed E-state index contributed by atoms with van der Waals surface area (Å²) in [6, 6.07) is 6.34. The van der Waals surface area contributed by atoms with Crippen LogP contribution in [0, 0.1) is 10.1 Å². The van der Waals surface area contributed by atoms with E-state index in [1.165, 1.54) is 21.9 Å². The van der Waals surface area contributed by atoms with Crippen molar-refractivity contribution >= 4 is 34.5 Å². The third-order valence-corrected chi connectivity index (χ3v) is 5.76. The maximum absolute atomic E-state index is 11.1. The molecule has 1 aliphatic heterocycles. The summed E-state index contributed by atoms with van der Waals surface area (Å²) in [5, 5.41) is 26.3. The Hall–Kier alpha value is -1.73. The molecule has 0 saturated carbocycles. The summed E-state index contributed by atoms with van der Waals surface area (Å²) < 4.78 is 1.27. The van der Waals surface area contributed by atoms with Gasteiger partial charge in [-0.3, -0.25) is 10.1 Å². The number of nitro groups is 1. The lowest BCUT2D eigenvalue weighted by atomic mass is 10.0. The van der Waals surface area contributed by atoms with Gasteiger partial charge in [0.15, 0.2) is 0 Å². The Bertz CT molecular complexity index is 687. The van der Waals surface area contributed by atoms with E-state index in [1.54, 1.807) is 17.4 Å². The molecule has 2 aromatic rings. The fourth-order valence-corrected chi connectivity index (χ4v) is 5.03. The Balaban J connectivity index is 1.93. The van der Waals surface area contributed by atoms with Crippen molar-refractivity contribution in [3.8, 4) is 5.75 Å². The predicted octanol–water partition coefficient (Wildman–Crippen LogP) is 4.40. The quantitative estimate of drug-likeness (QED) is 0.497. The van der Waals surface area contributed by atoms with Gasteiger partial charge in [0.1, 0.15) is 11.4 Å². The normalized spacial score (nSPS) is 20.8. The molecule has 2 atom stereocenters. The molecule has 0 saturated heterocycles. The van der Waals surface area contributed by atoms with Crippen LogP contribution in [0.1, 0.15) is 24.9 Å². The van der Waals surface area contributed by atoms with Gasteiger partial charge in [0, 0.05) is 5.25 Å². The molecule has 2 N–H and O–H groups in total. The second-order valence-corrected chi connectivity index (χ2v) is 7.61. The fraction of sp³-hybridized carbons (Fsp3) is 0.286. The van der Waals surface area contributed by atoms with Gasteiger partial charge >= 0.3 is 0 Å². The lowest BCUT2D eigenvalue weighted by molar-refractivity contribution is -0.384. The van der Waals surface area contributed by atoms with Gasteiger partial charge < -0.3 is 10.4 Å². The van der Waals surface area contributed by atoms with Crippen LogP contribution in [0.2, 0.25) is 0 Å². The van der Waals surface area contributed by atoms with Gasteiger partial charge in [-0.15, -0.1) is 23.1 Å². The molecule has 3 rings (SSSR count). The largest absolute Gasteiger partial charge is 0.508 e. The first kappa shape index (κ1) is 14.2. The van der Waals surface area contributed by atoms with Crippen LogP contribution < -0.4 is 5.32 Å². The Kier molecular flexibility index (Phi) is 3.77. The highest BCUT2D eigenvalue weighted by Gasteiger charge is 2.28. The number of phenolic OH excluding ortho intramolecular Hbond substituents is 1. The molecule has 0 aliphatic carbocycles. The summed E-state index contributed by atoms with van der Waals surface area (Å²) in [5.41, 5.74) is 1.54. The number of nitrogens with one attached hydrogen (secondary N) is 1. The molecule has 0 radical (unpaired) electrons. The van der Waals surface area contributed by atoms with E-state index in [0.717, 1.165) is 6.42 Å². The third-order valence-electron chi connectivity index (χ3n) is 3.42. The van der Waals surface area contributed by atoms with Crippen LogP contribution in [0.25, 0.3) is 0 Å². The lowest BCUT2D eigenvalue weighted by Gasteiger charge is -2.28. The molecule has 21 heavy (non-hydrogen) atoms. The Labute approximate surface area is 130 Å². The number of thioether (sulfide) groups is 1. The highest BCUT2D eigenvalue weighted by Crippen LogP contribution is 2.45. The molecule has 0 amide bonds. The number of aromatic hydroxyl groups is 1. The monoisotopic (exact) mass is 322 g/mol. The van der Waals surface area contributed by atoms with Crippen molar-refractivity contribution < 1.29 is 10.0 Å². The maximum atomic E-state index is 11.1. The zero-order valence-electron chi connectivity index (χ0n) is 11.3. The molecule has 1 unspecified atom stereocenters. The highest BCUT2D eigenvalue weighted by atomic mass is 32.2. The average molecular weight is 322 g/mol. The van der Waals surface area contributed by atoms with Gasteiger partial charge in [-0.25, -0.2) is 0 Å². The minimum Gasteiger partial charge on any atom is -0.508 e. The Morgan fingerprint density at radius 1 is 1.43 bits per heavy atom. The Morgan fingerprint density at radius 2 is 2.24 bits per heavy atom. The summed E-state index contributed by atoms with van der Waals surface area (Å²) in [6.45, 7) is 2.16. The van der Waals surface area contributed by atoms with Crippen molar-refractivity contribution in [2.45, 2.75) is 28.8 Å². The molecular weight excluding hydrogens is 308 g/mol. The van der Waals surface area contributed by atoms with Crippen LogP contribution in [-0.4, -0.2) is 15.3 Å². The molecule has 0 bridgehead atoms. The van der Waals surface area contributed by atoms with Crippen molar-refractivity contribution in [1.82, 2.24) is 0 Å². The number of rotatable bonds is 3. The lowest BCUT2D eigenvalue weighted by Crippen LogP contribution is -2.19. The first-order valence-corrected chi connectivity index (χ1v) is 8.28. The van der Waals surface area contributed by atoms with Gasteiger partial charge in [-0.2, -0.15) is 0 Å². The van der Waals surface area contributed by atoms with Crippen molar-refractivity contribution in [2.75, 3.05) is 5.32 Å². The number of fused-ring (bicyclic) bond motifs is 1. The molecule has 7 heteroatoms. The Morgan fingerprint density at radius 3 is 3.00 bits per heavy atom. The van der Waals surface area contributed by atoms with E-state index in [0.29, 0.717) is 10.9 Å². The van der Waals surface area contributed by atoms with Crippen LogP contribution in [0.4, 0.5) is 11.4 Å². The van der Waals surface area contributed by atoms with Crippen molar-refractivity contribution in [3.63, 3.8) is 0 Å². The first-order chi connectivity index (χ1) is 10.0. The van der Waals surface area contributed by atoms with E-state index >= 15 is 0 Å². The number of hydrogen-bond donors (Lipinski definition) is 2. The standard InChI is InChI=1S/C14H14N2O3S2/c1-8-6-12(10-4-5-20-14(10)21-8)15-11-3-2-9(17)7-13(11)16(18)19/h2-5,7-8,12,15,17H,6H2,1H3/t8-,12?/m0/s1. The SMILES string of the molecule is C[C@H]1CC(Nc2ccc(O)cc2[N+](=O)[O-])c2ccsc2S1. The number of nitro benzene ring substituents is 1. The van der Waals surface area contributed by atoms with E-state index in [-0.39, 0.29) is 17.5 Å². The van der Waals surface area contributed by atoms with Crippen LogP contribution in [0.5, 0.6) is 5.75 Å². The van der Waals surface area contributed by atoms with Crippen LogP contribution in [0.15, 0.2) is 33.9 Å². The maximum Gasteiger partial charge on any atom is 0.296 e. The van der Waals surface area contributed by atoms with Crippen molar-refractivity contribution in [3.05, 3.63) is 45.3 Å². The molecule has 5 nitrogen and oxygen atoms in total. The smallest absolute Gasteiger partial charge is 0.296 e. The molecule has 0 fully saturated rings. The molecule has 2 heterocycles. The van der Waals surface area contributed by atoms with Gasteiger partial charge in [-0.05, 0) is 35.6 Å². The van der Waals surface area contributed by atoms with Gasteiger partial charge in [0.05, 0.1) is 21.2 Å². The number of anilines is 1. The fourth-order valence-electron chi connectivity index (χ4n) is 2.47. The topological polar surface area (TPSA) is 75.4 Å². The minimum atomic E-state index is -0.475. The van der Waals surface area contributed by atoms with E-state index in [4.69, 9.17) is 0 Å². The van der Waals surface area contributed by atoms with Crippen LogP contribution in [0.3, 0.4) is 0 Å². The third kappa shape index (κ3) is 2.84. The summed E-state index contributed by atoms with van der Waals surface area (Å²) in [5.74, 6) is -0.101. The van der Waals surface area contributed by atoms with E-state index in [2.05, 4.69) is 23.7 Å². The molecule has 110 valence electrons. The van der Waals surface area contributed by atoms with E-state index < -0.39 is 4.92 Å². The zero-order valence-corrected chi connectivity index (χ0v) is 12.9. The minimum absolute atomic E-state index is 0.0609. The molecule has 1 aliphatic rings. The summed E-state index contributed by atoms with van der Waals surface area (Å²) in [4.78, 5) is 10.7. The average Bonchev–Trinajstić information content (AvgIpc) is 2.88. The van der Waals surface area contributed by atoms with Crippen molar-refractivity contribution in [1.29, 1.82) is 0 Å². The number of nitrogens with zero attached hydrogens (tertiary/aromatic N) is 1. The predicted molar refractivity (Wildman–Crippen MR) is 85.4 cm³/mol. The van der Waals surface area contributed by atoms with Gasteiger partial charge in [0.25, 0.3) is 5.69 Å². The molecule has 0 spiro atoms. The summed E-state index contributed by atoms with van der Waals surface area (Å²) >= 11 is 3.56. The summed E-state index contributed by atoms with van der Waals surface area (Å²) in [7, 11) is 0. The molecule has 1 aromatic carbocycles. The number of hydrogen-bond acceptors (Lipinski definition) is 6. The molecular formula is C14H14N2O3S2. The number of phenols is 1. The highest BCUT2D eigenvalue weighted by molar-refractivity contribution is 8.01. The van der Waals surface area contributed by atoms with Gasteiger partial charge in [-0.1, -0.05) is 6.92 Å². The van der Waals surface area contributed by atoms with Crippen LogP contribution >= 0.6 is 23.1 Å². The van der Waals surface area contributed by atoms with E-state index in [1.807, 2.05) is 11.8 Å². The summed E-state index contributed by atoms with van der Waals surface area (Å²) in [6.07, 6.45) is 0.909. The van der Waals surface area contributed by atoms with Crippen molar-refractivity contribution in [2.24, 2.45) is 0 Å². The number of benzene rings is 1. The van der Waals surface area contributed by atoms with Gasteiger partial charge in [0.2, 0.25) is 0 Å². The zero-order chi connectivity index (χ0) is 15.0. The second kappa shape index (κ2) is 5.57. The molecule has 1 aromatic heterocycles.